The number of nitrogens with zero attached hydrogens (tertiary/aromatic N) is 3. The van der Waals surface area contributed by atoms with Crippen molar-refractivity contribution in [1.29, 1.82) is 0 Å². The van der Waals surface area contributed by atoms with Crippen molar-refractivity contribution < 1.29 is 9.53 Å². The highest BCUT2D eigenvalue weighted by molar-refractivity contribution is 7.14. The lowest BCUT2D eigenvalue weighted by Gasteiger charge is -2.04. The van der Waals surface area contributed by atoms with Gasteiger partial charge in [0.15, 0.2) is 11.1 Å². The van der Waals surface area contributed by atoms with Gasteiger partial charge in [-0.1, -0.05) is 13.0 Å². The summed E-state index contributed by atoms with van der Waals surface area (Å²) in [5.74, 6) is 0.289. The number of methoxy groups -OCH3 is 1. The van der Waals surface area contributed by atoms with E-state index < -0.39 is 0 Å². The van der Waals surface area contributed by atoms with Crippen molar-refractivity contribution in [3.63, 3.8) is 0 Å². The van der Waals surface area contributed by atoms with Gasteiger partial charge in [0.05, 0.1) is 31.1 Å². The molecule has 0 fully saturated rings. The van der Waals surface area contributed by atoms with Crippen LogP contribution in [0, 0.1) is 0 Å². The molecule has 2 aromatic heterocycles. The molecule has 0 radical (unpaired) electrons. The third-order valence-electron chi connectivity index (χ3n) is 3.17. The Morgan fingerprint density at radius 3 is 2.96 bits per heavy atom. The Labute approximate surface area is 150 Å². The Kier molecular flexibility index (Phi) is 7.30. The van der Waals surface area contributed by atoms with E-state index in [1.165, 1.54) is 11.3 Å². The van der Waals surface area contributed by atoms with Crippen LogP contribution in [0.2, 0.25) is 0 Å². The number of anilines is 1. The third-order valence-corrected chi connectivity index (χ3v) is 3.93. The minimum absolute atomic E-state index is 0.00409. The largest absolute Gasteiger partial charge is 0.383 e. The van der Waals surface area contributed by atoms with E-state index in [2.05, 4.69) is 25.6 Å². The molecule has 0 unspecified atom stereocenters. The molecular weight excluding hydrogens is 340 g/mol. The molecule has 2 rings (SSSR count). The molecule has 0 atom stereocenters. The summed E-state index contributed by atoms with van der Waals surface area (Å²) in [6, 6.07) is 5.63. The molecule has 4 N–H and O–H groups in total. The van der Waals surface area contributed by atoms with Gasteiger partial charge in [-0.2, -0.15) is 0 Å². The molecule has 0 saturated heterocycles. The highest BCUT2D eigenvalue weighted by atomic mass is 32.1. The summed E-state index contributed by atoms with van der Waals surface area (Å²) in [6.07, 6.45) is 0.453. The molecule has 25 heavy (non-hydrogen) atoms. The number of hydrogen-bond acceptors (Lipinski definition) is 6. The molecule has 8 nitrogen and oxygen atoms in total. The number of thiazole rings is 1. The molecule has 0 aromatic carbocycles. The maximum Gasteiger partial charge on any atom is 0.220 e. The number of hydrogen-bond donors (Lipinski definition) is 3. The summed E-state index contributed by atoms with van der Waals surface area (Å²) in [7, 11) is 1.61. The van der Waals surface area contributed by atoms with Crippen LogP contribution in [0.1, 0.15) is 19.0 Å². The van der Waals surface area contributed by atoms with E-state index in [1.807, 2.05) is 30.5 Å². The summed E-state index contributed by atoms with van der Waals surface area (Å²) in [5, 5.41) is 8.29. The van der Waals surface area contributed by atoms with E-state index in [4.69, 9.17) is 10.5 Å². The predicted molar refractivity (Wildman–Crippen MR) is 99.5 cm³/mol. The van der Waals surface area contributed by atoms with Crippen molar-refractivity contribution in [2.45, 2.75) is 19.9 Å². The van der Waals surface area contributed by atoms with Crippen LogP contribution < -0.4 is 16.4 Å². The number of rotatable bonds is 8. The number of aliphatic imine (C=N–C) groups is 1. The number of amides is 1. The molecule has 0 aliphatic rings. The average molecular weight is 362 g/mol. The van der Waals surface area contributed by atoms with E-state index in [9.17, 15) is 4.79 Å². The number of ether oxygens (including phenoxy) is 1. The van der Waals surface area contributed by atoms with Crippen molar-refractivity contribution in [3.05, 3.63) is 29.3 Å². The first-order valence-corrected chi connectivity index (χ1v) is 8.74. The molecule has 134 valence electrons. The van der Waals surface area contributed by atoms with Gasteiger partial charge in [0.25, 0.3) is 0 Å². The molecule has 0 saturated carbocycles. The first kappa shape index (κ1) is 18.8. The minimum Gasteiger partial charge on any atom is -0.383 e. The highest BCUT2D eigenvalue weighted by Gasteiger charge is 2.08. The van der Waals surface area contributed by atoms with Crippen molar-refractivity contribution in [3.8, 4) is 11.4 Å². The second-order valence-electron chi connectivity index (χ2n) is 5.07. The van der Waals surface area contributed by atoms with Crippen molar-refractivity contribution in [2.75, 3.05) is 25.6 Å². The lowest BCUT2D eigenvalue weighted by atomic mass is 10.2. The first-order chi connectivity index (χ1) is 12.1. The van der Waals surface area contributed by atoms with Gasteiger partial charge in [0.2, 0.25) is 5.91 Å². The van der Waals surface area contributed by atoms with Gasteiger partial charge in [0.1, 0.15) is 5.69 Å². The average Bonchev–Trinajstić information content (AvgIpc) is 3.08. The maximum absolute atomic E-state index is 11.4. The molecule has 2 heterocycles. The Morgan fingerprint density at radius 1 is 1.36 bits per heavy atom. The van der Waals surface area contributed by atoms with Crippen LogP contribution in [0.4, 0.5) is 5.13 Å². The summed E-state index contributed by atoms with van der Waals surface area (Å²) in [5.41, 5.74) is 8.05. The zero-order chi connectivity index (χ0) is 18.1. The summed E-state index contributed by atoms with van der Waals surface area (Å²) in [4.78, 5) is 24.5. The van der Waals surface area contributed by atoms with Crippen LogP contribution in [0.15, 0.2) is 28.6 Å². The standard InChI is InChI=1S/C16H22N6O2S/c1-3-14(23)19-9-11-5-4-6-12(20-11)13-10-25-16(21-13)22-15(17)18-7-8-24-2/h4-6,10H,3,7-9H2,1-2H3,(H,19,23)(H3,17,18,21,22). The fraction of sp³-hybridized carbons (Fsp3) is 0.375. The Hall–Kier alpha value is -2.52. The van der Waals surface area contributed by atoms with Gasteiger partial charge in [-0.3, -0.25) is 9.79 Å². The monoisotopic (exact) mass is 362 g/mol. The van der Waals surface area contributed by atoms with E-state index in [0.29, 0.717) is 37.2 Å². The van der Waals surface area contributed by atoms with Gasteiger partial charge in [0, 0.05) is 18.9 Å². The van der Waals surface area contributed by atoms with Gasteiger partial charge < -0.3 is 21.1 Å². The number of aromatic nitrogens is 2. The fourth-order valence-electron chi connectivity index (χ4n) is 1.89. The smallest absolute Gasteiger partial charge is 0.220 e. The second-order valence-corrected chi connectivity index (χ2v) is 5.93. The first-order valence-electron chi connectivity index (χ1n) is 7.86. The maximum atomic E-state index is 11.4. The number of pyridine rings is 1. The SMILES string of the molecule is CCC(=O)NCc1cccc(-c2csc(NC(N)=NCCOC)n2)n1. The van der Waals surface area contributed by atoms with Crippen LogP contribution >= 0.6 is 11.3 Å². The van der Waals surface area contributed by atoms with Gasteiger partial charge in [-0.25, -0.2) is 9.97 Å². The Bertz CT molecular complexity index is 731. The van der Waals surface area contributed by atoms with Crippen LogP contribution in [-0.2, 0) is 16.1 Å². The molecule has 0 aliphatic carbocycles. The Balaban J connectivity index is 2.01. The summed E-state index contributed by atoms with van der Waals surface area (Å²) < 4.78 is 4.92. The summed E-state index contributed by atoms with van der Waals surface area (Å²) in [6.45, 7) is 3.21. The topological polar surface area (TPSA) is 115 Å². The van der Waals surface area contributed by atoms with Crippen LogP contribution in [0.5, 0.6) is 0 Å². The highest BCUT2D eigenvalue weighted by Crippen LogP contribution is 2.23. The second kappa shape index (κ2) is 9.70. The van der Waals surface area contributed by atoms with Crippen LogP contribution in [0.3, 0.4) is 0 Å². The number of carbonyl (C=O) groups excluding carboxylic acids is 1. The number of nitrogens with two attached hydrogens (primary N) is 1. The summed E-state index contributed by atoms with van der Waals surface area (Å²) >= 11 is 1.42. The molecular formula is C16H22N6O2S. The van der Waals surface area contributed by atoms with Gasteiger partial charge >= 0.3 is 0 Å². The van der Waals surface area contributed by atoms with Crippen molar-refractivity contribution >= 4 is 28.3 Å². The van der Waals surface area contributed by atoms with Crippen LogP contribution in [-0.4, -0.2) is 42.1 Å². The van der Waals surface area contributed by atoms with Gasteiger partial charge in [-0.05, 0) is 12.1 Å². The molecule has 9 heteroatoms. The van der Waals surface area contributed by atoms with E-state index in [-0.39, 0.29) is 5.91 Å². The zero-order valence-corrected chi connectivity index (χ0v) is 15.1. The quantitative estimate of drug-likeness (QED) is 0.373. The van der Waals surface area contributed by atoms with Crippen molar-refractivity contribution in [1.82, 2.24) is 15.3 Å². The normalized spacial score (nSPS) is 11.4. The molecule has 2 aromatic rings. The molecule has 0 spiro atoms. The molecule has 0 bridgehead atoms. The molecule has 1 amide bonds. The lowest BCUT2D eigenvalue weighted by Crippen LogP contribution is -2.23. The van der Waals surface area contributed by atoms with E-state index in [1.54, 1.807) is 7.11 Å². The van der Waals surface area contributed by atoms with Crippen LogP contribution in [0.25, 0.3) is 11.4 Å². The zero-order valence-electron chi connectivity index (χ0n) is 14.3. The number of guanidine groups is 1. The van der Waals surface area contributed by atoms with Gasteiger partial charge in [-0.15, -0.1) is 11.3 Å². The van der Waals surface area contributed by atoms with E-state index in [0.717, 1.165) is 17.1 Å². The number of nitrogens with one attached hydrogen (secondary N) is 2. The minimum atomic E-state index is -0.00409. The molecule has 0 aliphatic heterocycles. The third kappa shape index (κ3) is 6.12. The fourth-order valence-corrected chi connectivity index (χ4v) is 2.60. The lowest BCUT2D eigenvalue weighted by molar-refractivity contribution is -0.120. The predicted octanol–water partition coefficient (Wildman–Crippen LogP) is 1.60. The van der Waals surface area contributed by atoms with Crippen molar-refractivity contribution in [2.24, 2.45) is 10.7 Å². The van der Waals surface area contributed by atoms with E-state index >= 15 is 0 Å². The Morgan fingerprint density at radius 2 is 2.20 bits per heavy atom. The number of carbonyl (C=O) groups is 1.